The lowest BCUT2D eigenvalue weighted by atomic mass is 9.93. The average molecular weight is 470 g/mol. The van der Waals surface area contributed by atoms with Gasteiger partial charge < -0.3 is 10.4 Å². The van der Waals surface area contributed by atoms with Crippen LogP contribution in [0.15, 0.2) is 61.4 Å². The Morgan fingerprint density at radius 3 is 1.97 bits per heavy atom. The van der Waals surface area contributed by atoms with E-state index < -0.39 is 0 Å². The smallest absolute Gasteiger partial charge is 0.159 e. The van der Waals surface area contributed by atoms with Gasteiger partial charge in [0.1, 0.15) is 0 Å². The van der Waals surface area contributed by atoms with E-state index in [2.05, 4.69) is 60.8 Å². The topological polar surface area (TPSA) is 93.7 Å². The number of benzene rings is 1. The van der Waals surface area contributed by atoms with Crippen LogP contribution in [0, 0.1) is 0 Å². The molecule has 3 aromatic heterocycles. The van der Waals surface area contributed by atoms with Gasteiger partial charge in [0.15, 0.2) is 5.82 Å². The van der Waals surface area contributed by atoms with Crippen LogP contribution in [0.2, 0.25) is 0 Å². The molecule has 0 bridgehead atoms. The number of aliphatic hydroxyl groups is 1. The van der Waals surface area contributed by atoms with Crippen LogP contribution in [0.5, 0.6) is 0 Å². The van der Waals surface area contributed by atoms with Crippen molar-refractivity contribution in [1.29, 1.82) is 0 Å². The van der Waals surface area contributed by atoms with Crippen molar-refractivity contribution in [3.8, 4) is 33.6 Å². The van der Waals surface area contributed by atoms with Crippen molar-refractivity contribution < 1.29 is 5.11 Å². The molecular formula is C27H31N7O. The number of hydrogen-bond acceptors (Lipinski definition) is 6. The fraction of sp³-hybridized carbons (Fsp3) is 0.407. The van der Waals surface area contributed by atoms with Gasteiger partial charge >= 0.3 is 0 Å². The van der Waals surface area contributed by atoms with Gasteiger partial charge in [0.25, 0.3) is 0 Å². The first kappa shape index (κ1) is 22.1. The molecule has 0 atom stereocenters. The molecule has 2 N–H and O–H groups in total. The summed E-state index contributed by atoms with van der Waals surface area (Å²) in [7, 11) is 0. The van der Waals surface area contributed by atoms with E-state index in [1.54, 1.807) is 0 Å². The first-order chi connectivity index (χ1) is 17.2. The predicted molar refractivity (Wildman–Crippen MR) is 135 cm³/mol. The van der Waals surface area contributed by atoms with Gasteiger partial charge in [-0.15, -0.1) is 0 Å². The van der Waals surface area contributed by atoms with Crippen molar-refractivity contribution in [3.63, 3.8) is 0 Å². The molecule has 180 valence electrons. The normalized spacial score (nSPS) is 21.3. The molecule has 2 aliphatic rings. The van der Waals surface area contributed by atoms with Crippen molar-refractivity contribution in [2.75, 3.05) is 13.1 Å². The third-order valence-electron chi connectivity index (χ3n) is 7.37. The highest BCUT2D eigenvalue weighted by molar-refractivity contribution is 5.70. The molecule has 0 spiro atoms. The second-order valence-corrected chi connectivity index (χ2v) is 9.74. The van der Waals surface area contributed by atoms with Gasteiger partial charge in [0.2, 0.25) is 0 Å². The Labute approximate surface area is 205 Å². The van der Waals surface area contributed by atoms with Gasteiger partial charge in [-0.3, -0.25) is 9.36 Å². The predicted octanol–water partition coefficient (Wildman–Crippen LogP) is 4.27. The Hall–Kier alpha value is -3.36. The maximum absolute atomic E-state index is 9.76. The molecular weight excluding hydrogens is 438 g/mol. The molecule has 0 amide bonds. The van der Waals surface area contributed by atoms with Gasteiger partial charge in [0, 0.05) is 47.0 Å². The van der Waals surface area contributed by atoms with E-state index in [9.17, 15) is 5.11 Å². The minimum atomic E-state index is -0.161. The van der Waals surface area contributed by atoms with Crippen molar-refractivity contribution in [1.82, 2.24) is 34.8 Å². The number of nitrogens with zero attached hydrogens (tertiary/aromatic N) is 6. The molecule has 4 aromatic rings. The molecule has 1 aliphatic carbocycles. The van der Waals surface area contributed by atoms with Crippen LogP contribution < -0.4 is 5.32 Å². The fourth-order valence-electron chi connectivity index (χ4n) is 5.23. The van der Waals surface area contributed by atoms with Crippen LogP contribution in [-0.4, -0.2) is 53.8 Å². The molecule has 2 fully saturated rings. The first-order valence-corrected chi connectivity index (χ1v) is 12.6. The molecule has 35 heavy (non-hydrogen) atoms. The minimum Gasteiger partial charge on any atom is -0.393 e. The van der Waals surface area contributed by atoms with Crippen molar-refractivity contribution in [2.45, 2.75) is 56.7 Å². The van der Waals surface area contributed by atoms with Gasteiger partial charge in [-0.2, -0.15) is 10.2 Å². The number of rotatable bonds is 5. The van der Waals surface area contributed by atoms with Crippen LogP contribution in [-0.2, 0) is 0 Å². The zero-order valence-corrected chi connectivity index (χ0v) is 19.8. The maximum Gasteiger partial charge on any atom is 0.159 e. The highest BCUT2D eigenvalue weighted by atomic mass is 16.3. The van der Waals surface area contributed by atoms with Crippen molar-refractivity contribution >= 4 is 0 Å². The monoisotopic (exact) mass is 469 g/mol. The SMILES string of the molecule is OC1CCC(n2cc(-c3cnc(-c4cccc(-c5cnn(C6CCNCC6)c5)c4)nc3)cn2)CC1. The van der Waals surface area contributed by atoms with Crippen LogP contribution in [0.4, 0.5) is 0 Å². The van der Waals surface area contributed by atoms with Crippen molar-refractivity contribution in [3.05, 3.63) is 61.4 Å². The molecule has 1 aliphatic heterocycles. The van der Waals surface area contributed by atoms with E-state index in [1.165, 1.54) is 0 Å². The van der Waals surface area contributed by atoms with Crippen LogP contribution in [0.3, 0.4) is 0 Å². The Balaban J connectivity index is 1.18. The number of piperidine rings is 1. The van der Waals surface area contributed by atoms with E-state index in [0.717, 1.165) is 79.4 Å². The lowest BCUT2D eigenvalue weighted by Gasteiger charge is -2.25. The largest absolute Gasteiger partial charge is 0.393 e. The molecule has 1 saturated carbocycles. The van der Waals surface area contributed by atoms with Gasteiger partial charge in [-0.25, -0.2) is 9.97 Å². The highest BCUT2D eigenvalue weighted by Crippen LogP contribution is 2.30. The number of aliphatic hydroxyl groups excluding tert-OH is 1. The third-order valence-corrected chi connectivity index (χ3v) is 7.37. The molecule has 1 aromatic carbocycles. The molecule has 1 saturated heterocycles. The maximum atomic E-state index is 9.76. The van der Waals surface area contributed by atoms with Crippen LogP contribution in [0.25, 0.3) is 33.6 Å². The van der Waals surface area contributed by atoms with E-state index in [0.29, 0.717) is 17.9 Å². The Morgan fingerprint density at radius 1 is 0.686 bits per heavy atom. The summed E-state index contributed by atoms with van der Waals surface area (Å²) in [5.74, 6) is 0.704. The zero-order chi connectivity index (χ0) is 23.6. The summed E-state index contributed by atoms with van der Waals surface area (Å²) in [6.07, 6.45) is 17.5. The second-order valence-electron chi connectivity index (χ2n) is 9.74. The van der Waals surface area contributed by atoms with Crippen molar-refractivity contribution in [2.24, 2.45) is 0 Å². The lowest BCUT2D eigenvalue weighted by Crippen LogP contribution is -2.29. The number of nitrogens with one attached hydrogen (secondary N) is 1. The number of aromatic nitrogens is 6. The molecule has 0 radical (unpaired) electrons. The van der Waals surface area contributed by atoms with Gasteiger partial charge in [0.05, 0.1) is 30.6 Å². The summed E-state index contributed by atoms with van der Waals surface area (Å²) in [6.45, 7) is 2.10. The molecule has 0 unspecified atom stereocenters. The summed E-state index contributed by atoms with van der Waals surface area (Å²) in [5, 5.41) is 22.4. The highest BCUT2D eigenvalue weighted by Gasteiger charge is 2.21. The Morgan fingerprint density at radius 2 is 1.29 bits per heavy atom. The minimum absolute atomic E-state index is 0.161. The zero-order valence-electron chi connectivity index (χ0n) is 19.8. The lowest BCUT2D eigenvalue weighted by molar-refractivity contribution is 0.108. The standard InChI is InChI=1S/C27H31N7O/c35-26-6-4-24(5-7-26)33-18-23(16-32-33)21-13-29-27(30-14-21)20-3-1-2-19(12-20)22-15-31-34(17-22)25-8-10-28-11-9-25/h1-3,12-18,24-26,28,35H,4-11H2. The average Bonchev–Trinajstić information content (AvgIpc) is 3.61. The van der Waals surface area contributed by atoms with Gasteiger partial charge in [-0.05, 0) is 63.2 Å². The quantitative estimate of drug-likeness (QED) is 0.453. The summed E-state index contributed by atoms with van der Waals surface area (Å²) in [4.78, 5) is 9.32. The summed E-state index contributed by atoms with van der Waals surface area (Å²) in [6, 6.07) is 9.17. The van der Waals surface area contributed by atoms with E-state index in [4.69, 9.17) is 0 Å². The van der Waals surface area contributed by atoms with Crippen LogP contribution in [0.1, 0.15) is 50.6 Å². The molecule has 8 heteroatoms. The summed E-state index contributed by atoms with van der Waals surface area (Å²) < 4.78 is 4.15. The van der Waals surface area contributed by atoms with E-state index in [1.807, 2.05) is 35.5 Å². The van der Waals surface area contributed by atoms with E-state index in [-0.39, 0.29) is 6.10 Å². The number of hydrogen-bond donors (Lipinski definition) is 2. The molecule has 4 heterocycles. The van der Waals surface area contributed by atoms with E-state index >= 15 is 0 Å². The van der Waals surface area contributed by atoms with Crippen LogP contribution >= 0.6 is 0 Å². The first-order valence-electron chi connectivity index (χ1n) is 12.6. The summed E-state index contributed by atoms with van der Waals surface area (Å²) in [5.41, 5.74) is 5.19. The molecule has 8 nitrogen and oxygen atoms in total. The third kappa shape index (κ3) is 4.76. The second kappa shape index (κ2) is 9.71. The Kier molecular flexibility index (Phi) is 6.14. The van der Waals surface area contributed by atoms with Gasteiger partial charge in [-0.1, -0.05) is 18.2 Å². The summed E-state index contributed by atoms with van der Waals surface area (Å²) >= 11 is 0. The fourth-order valence-corrected chi connectivity index (χ4v) is 5.23. The Bertz CT molecular complexity index is 1260. The molecule has 6 rings (SSSR count).